The third-order valence-electron chi connectivity index (χ3n) is 3.99. The molecule has 1 aromatic heterocycles. The predicted octanol–water partition coefficient (Wildman–Crippen LogP) is 3.25. The van der Waals surface area contributed by atoms with Gasteiger partial charge in [0, 0.05) is 28.9 Å². The van der Waals surface area contributed by atoms with Gasteiger partial charge in [0.2, 0.25) is 10.0 Å². The molecule has 0 saturated heterocycles. The van der Waals surface area contributed by atoms with Crippen LogP contribution >= 0.6 is 27.3 Å². The summed E-state index contributed by atoms with van der Waals surface area (Å²) in [4.78, 5) is 17.7. The Morgan fingerprint density at radius 3 is 2.76 bits per heavy atom. The van der Waals surface area contributed by atoms with Gasteiger partial charge >= 0.3 is 0 Å². The van der Waals surface area contributed by atoms with Crippen molar-refractivity contribution in [2.45, 2.75) is 32.1 Å². The topological polar surface area (TPSA) is 79.4 Å². The molecule has 0 saturated carbocycles. The highest BCUT2D eigenvalue weighted by atomic mass is 79.9. The number of fused-ring (bicyclic) bond motifs is 1. The number of hydrogen-bond acceptors (Lipinski definition) is 5. The van der Waals surface area contributed by atoms with Crippen molar-refractivity contribution in [3.63, 3.8) is 0 Å². The zero-order valence-electron chi connectivity index (χ0n) is 13.8. The van der Waals surface area contributed by atoms with E-state index in [2.05, 4.69) is 26.2 Å². The van der Waals surface area contributed by atoms with Gasteiger partial charge in [-0.15, -0.1) is 11.3 Å². The highest BCUT2D eigenvalue weighted by Crippen LogP contribution is 2.30. The van der Waals surface area contributed by atoms with Crippen LogP contribution in [-0.2, 0) is 23.0 Å². The van der Waals surface area contributed by atoms with E-state index in [0.29, 0.717) is 34.7 Å². The van der Waals surface area contributed by atoms with Crippen LogP contribution in [0.25, 0.3) is 0 Å². The number of aromatic nitrogens is 1. The monoisotopic (exact) mass is 443 g/mol. The Bertz CT molecular complexity index is 909. The number of halogens is 1. The fraction of sp³-hybridized carbons (Fsp3) is 0.375. The molecule has 0 bridgehead atoms. The van der Waals surface area contributed by atoms with Crippen LogP contribution in [0.15, 0.2) is 28.7 Å². The maximum atomic E-state index is 12.4. The normalized spacial score (nSPS) is 15.2. The lowest BCUT2D eigenvalue weighted by molar-refractivity contribution is 0.102. The maximum Gasteiger partial charge on any atom is 0.258 e. The van der Waals surface area contributed by atoms with E-state index in [-0.39, 0.29) is 5.91 Å². The van der Waals surface area contributed by atoms with Gasteiger partial charge in [0.15, 0.2) is 5.13 Å². The number of nitrogens with zero attached hydrogens (tertiary/aromatic N) is 2. The van der Waals surface area contributed by atoms with Crippen LogP contribution in [0, 0.1) is 0 Å². The van der Waals surface area contributed by atoms with E-state index in [1.165, 1.54) is 15.6 Å². The molecule has 0 atom stereocenters. The molecule has 0 radical (unpaired) electrons. The number of hydrogen-bond donors (Lipinski definition) is 1. The summed E-state index contributed by atoms with van der Waals surface area (Å²) in [6, 6.07) is 7.16. The molecule has 134 valence electrons. The first-order chi connectivity index (χ1) is 11.8. The Labute approximate surface area is 159 Å². The van der Waals surface area contributed by atoms with Crippen LogP contribution in [0.5, 0.6) is 0 Å². The number of carbonyl (C=O) groups is 1. The standard InChI is InChI=1S/C16H18BrN3O3S2/c1-10(2)25(22,23)20-8-7-13-14(9-20)24-16(18-13)19-15(21)11-5-3-4-6-12(11)17/h3-6,10H,7-9H2,1-2H3,(H,18,19,21). The molecule has 1 amide bonds. The highest BCUT2D eigenvalue weighted by molar-refractivity contribution is 9.10. The predicted molar refractivity (Wildman–Crippen MR) is 102 cm³/mol. The second-order valence-electron chi connectivity index (χ2n) is 6.00. The first-order valence-electron chi connectivity index (χ1n) is 7.82. The SMILES string of the molecule is CC(C)S(=O)(=O)N1CCc2nc(NC(=O)c3ccccc3Br)sc2C1. The van der Waals surface area contributed by atoms with Crippen LogP contribution in [-0.4, -0.2) is 35.4 Å². The van der Waals surface area contributed by atoms with E-state index < -0.39 is 15.3 Å². The van der Waals surface area contributed by atoms with Crippen LogP contribution in [0.4, 0.5) is 5.13 Å². The van der Waals surface area contributed by atoms with Gasteiger partial charge in [0.25, 0.3) is 5.91 Å². The van der Waals surface area contributed by atoms with Gasteiger partial charge in [-0.2, -0.15) is 4.31 Å². The number of nitrogens with one attached hydrogen (secondary N) is 1. The van der Waals surface area contributed by atoms with E-state index in [0.717, 1.165) is 10.6 Å². The number of thiazole rings is 1. The summed E-state index contributed by atoms with van der Waals surface area (Å²) < 4.78 is 26.9. The van der Waals surface area contributed by atoms with Crippen molar-refractivity contribution in [3.05, 3.63) is 44.9 Å². The Balaban J connectivity index is 1.77. The zero-order valence-corrected chi connectivity index (χ0v) is 17.0. The molecule has 1 N–H and O–H groups in total. The molecular weight excluding hydrogens is 426 g/mol. The van der Waals surface area contributed by atoms with Crippen LogP contribution in [0.3, 0.4) is 0 Å². The van der Waals surface area contributed by atoms with E-state index in [4.69, 9.17) is 0 Å². The summed E-state index contributed by atoms with van der Waals surface area (Å²) in [6.45, 7) is 4.11. The average molecular weight is 444 g/mol. The molecule has 1 aliphatic heterocycles. The minimum Gasteiger partial charge on any atom is -0.298 e. The Hall–Kier alpha value is -1.29. The highest BCUT2D eigenvalue weighted by Gasteiger charge is 2.31. The molecule has 1 aliphatic rings. The molecule has 6 nitrogen and oxygen atoms in total. The smallest absolute Gasteiger partial charge is 0.258 e. The summed E-state index contributed by atoms with van der Waals surface area (Å²) in [5, 5.41) is 2.85. The van der Waals surface area contributed by atoms with Gasteiger partial charge in [-0.3, -0.25) is 10.1 Å². The first-order valence-corrected chi connectivity index (χ1v) is 10.9. The van der Waals surface area contributed by atoms with Crippen LogP contribution < -0.4 is 5.32 Å². The Kier molecular flexibility index (Phi) is 5.29. The Morgan fingerprint density at radius 1 is 1.36 bits per heavy atom. The molecule has 0 aliphatic carbocycles. The third-order valence-corrected chi connectivity index (χ3v) is 7.90. The van der Waals surface area contributed by atoms with E-state index in [1.807, 2.05) is 6.07 Å². The molecule has 3 rings (SSSR count). The van der Waals surface area contributed by atoms with E-state index >= 15 is 0 Å². The summed E-state index contributed by atoms with van der Waals surface area (Å²) in [5.41, 5.74) is 1.39. The van der Waals surface area contributed by atoms with Gasteiger partial charge in [-0.25, -0.2) is 13.4 Å². The summed E-state index contributed by atoms with van der Waals surface area (Å²) in [5.74, 6) is -0.245. The number of sulfonamides is 1. The lowest BCUT2D eigenvalue weighted by Gasteiger charge is -2.26. The molecule has 0 spiro atoms. The van der Waals surface area contributed by atoms with Crippen molar-refractivity contribution in [3.8, 4) is 0 Å². The molecule has 25 heavy (non-hydrogen) atoms. The second-order valence-corrected chi connectivity index (χ2v) is 10.4. The summed E-state index contributed by atoms with van der Waals surface area (Å²) >= 11 is 4.69. The molecule has 0 fully saturated rings. The van der Waals surface area contributed by atoms with Crippen molar-refractivity contribution >= 4 is 48.3 Å². The van der Waals surface area contributed by atoms with Crippen molar-refractivity contribution < 1.29 is 13.2 Å². The number of carbonyl (C=O) groups excluding carboxylic acids is 1. The number of rotatable bonds is 4. The fourth-order valence-corrected chi connectivity index (χ4v) is 5.37. The van der Waals surface area contributed by atoms with E-state index in [9.17, 15) is 13.2 Å². The molecule has 9 heteroatoms. The molecular formula is C16H18BrN3O3S2. The lowest BCUT2D eigenvalue weighted by atomic mass is 10.2. The second kappa shape index (κ2) is 7.14. The van der Waals surface area contributed by atoms with Gasteiger partial charge in [-0.05, 0) is 41.9 Å². The van der Waals surface area contributed by atoms with Gasteiger partial charge in [-0.1, -0.05) is 12.1 Å². The van der Waals surface area contributed by atoms with Crippen molar-refractivity contribution in [2.75, 3.05) is 11.9 Å². The number of amides is 1. The van der Waals surface area contributed by atoms with Crippen molar-refractivity contribution in [1.29, 1.82) is 0 Å². The largest absolute Gasteiger partial charge is 0.298 e. The summed E-state index contributed by atoms with van der Waals surface area (Å²) in [7, 11) is -3.29. The zero-order chi connectivity index (χ0) is 18.2. The molecule has 2 aromatic rings. The number of anilines is 1. The maximum absolute atomic E-state index is 12.4. The molecule has 1 aromatic carbocycles. The lowest BCUT2D eigenvalue weighted by Crippen LogP contribution is -2.39. The van der Waals surface area contributed by atoms with Gasteiger partial charge < -0.3 is 0 Å². The van der Waals surface area contributed by atoms with E-state index in [1.54, 1.807) is 32.0 Å². The Morgan fingerprint density at radius 2 is 2.08 bits per heavy atom. The first kappa shape index (κ1) is 18.5. The van der Waals surface area contributed by atoms with Crippen molar-refractivity contribution in [1.82, 2.24) is 9.29 Å². The average Bonchev–Trinajstić information content (AvgIpc) is 2.96. The van der Waals surface area contributed by atoms with Crippen LogP contribution in [0.2, 0.25) is 0 Å². The minimum absolute atomic E-state index is 0.245. The fourth-order valence-electron chi connectivity index (χ4n) is 2.55. The van der Waals surface area contributed by atoms with Crippen molar-refractivity contribution in [2.24, 2.45) is 0 Å². The molecule has 0 unspecified atom stereocenters. The van der Waals surface area contributed by atoms with Gasteiger partial charge in [0.05, 0.1) is 16.5 Å². The summed E-state index contributed by atoms with van der Waals surface area (Å²) in [6.07, 6.45) is 0.558. The minimum atomic E-state index is -3.29. The quantitative estimate of drug-likeness (QED) is 0.785. The molecule has 2 heterocycles. The number of benzene rings is 1. The van der Waals surface area contributed by atoms with Crippen LogP contribution in [0.1, 0.15) is 34.8 Å². The third kappa shape index (κ3) is 3.79. The van der Waals surface area contributed by atoms with Gasteiger partial charge in [0.1, 0.15) is 0 Å².